The van der Waals surface area contributed by atoms with Gasteiger partial charge in [-0.1, -0.05) is 30.3 Å². The Kier molecular flexibility index (Phi) is 3.22. The molecule has 86 valence electrons. The first-order chi connectivity index (χ1) is 7.68. The van der Waals surface area contributed by atoms with Crippen molar-refractivity contribution in [1.82, 2.24) is 4.90 Å². The van der Waals surface area contributed by atoms with Crippen molar-refractivity contribution in [3.05, 3.63) is 35.9 Å². The number of hydrogen-bond acceptors (Lipinski definition) is 3. The van der Waals surface area contributed by atoms with Crippen LogP contribution in [0.25, 0.3) is 0 Å². The van der Waals surface area contributed by atoms with Crippen molar-refractivity contribution in [2.75, 3.05) is 13.1 Å². The molecule has 2 atom stereocenters. The van der Waals surface area contributed by atoms with E-state index in [1.54, 1.807) is 4.90 Å². The van der Waals surface area contributed by atoms with Crippen molar-refractivity contribution in [2.24, 2.45) is 5.73 Å². The minimum atomic E-state index is -0.619. The molecule has 0 saturated carbocycles. The highest BCUT2D eigenvalue weighted by Gasteiger charge is 2.28. The van der Waals surface area contributed by atoms with Crippen LogP contribution in [0.4, 0.5) is 0 Å². The molecular formula is C12H16N2O2. The highest BCUT2D eigenvalue weighted by Crippen LogP contribution is 2.17. The molecule has 1 amide bonds. The Labute approximate surface area is 94.7 Å². The summed E-state index contributed by atoms with van der Waals surface area (Å²) in [6.07, 6.45) is 0.250. The molecule has 1 aliphatic heterocycles. The van der Waals surface area contributed by atoms with Gasteiger partial charge >= 0.3 is 0 Å². The van der Waals surface area contributed by atoms with Crippen molar-refractivity contribution in [3.8, 4) is 0 Å². The predicted octanol–water partition coefficient (Wildman–Crippen LogP) is 0.280. The Morgan fingerprint density at radius 2 is 2.12 bits per heavy atom. The van der Waals surface area contributed by atoms with Crippen molar-refractivity contribution in [2.45, 2.75) is 18.6 Å². The summed E-state index contributed by atoms with van der Waals surface area (Å²) in [4.78, 5) is 13.6. The molecule has 1 aromatic rings. The number of carbonyl (C=O) groups excluding carboxylic acids is 1. The molecule has 0 radical (unpaired) electrons. The first-order valence-corrected chi connectivity index (χ1v) is 5.46. The van der Waals surface area contributed by atoms with E-state index >= 15 is 0 Å². The standard InChI is InChI=1S/C12H16N2O2/c13-11(9-4-2-1-3-5-9)12(16)14-7-6-10(15)8-14/h1-5,10-11,15H,6-8,13H2/t10-,11-/m1/s1. The van der Waals surface area contributed by atoms with Crippen molar-refractivity contribution in [3.63, 3.8) is 0 Å². The smallest absolute Gasteiger partial charge is 0.244 e. The molecule has 3 N–H and O–H groups in total. The topological polar surface area (TPSA) is 66.6 Å². The van der Waals surface area contributed by atoms with Crippen molar-refractivity contribution in [1.29, 1.82) is 0 Å². The predicted molar refractivity (Wildman–Crippen MR) is 60.6 cm³/mol. The average molecular weight is 220 g/mol. The van der Waals surface area contributed by atoms with Gasteiger partial charge in [0, 0.05) is 13.1 Å². The van der Waals surface area contributed by atoms with Gasteiger partial charge in [-0.2, -0.15) is 0 Å². The number of rotatable bonds is 2. The number of nitrogens with zero attached hydrogens (tertiary/aromatic N) is 1. The van der Waals surface area contributed by atoms with Gasteiger partial charge in [-0.05, 0) is 12.0 Å². The van der Waals surface area contributed by atoms with Crippen LogP contribution in [0, 0.1) is 0 Å². The molecule has 1 heterocycles. The number of nitrogens with two attached hydrogens (primary N) is 1. The maximum absolute atomic E-state index is 12.0. The van der Waals surface area contributed by atoms with Crippen LogP contribution in [0.2, 0.25) is 0 Å². The largest absolute Gasteiger partial charge is 0.391 e. The average Bonchev–Trinajstić information content (AvgIpc) is 2.75. The lowest BCUT2D eigenvalue weighted by atomic mass is 10.1. The third-order valence-corrected chi connectivity index (χ3v) is 2.90. The molecule has 0 unspecified atom stereocenters. The van der Waals surface area contributed by atoms with Crippen LogP contribution in [0.15, 0.2) is 30.3 Å². The molecular weight excluding hydrogens is 204 g/mol. The fraction of sp³-hybridized carbons (Fsp3) is 0.417. The Morgan fingerprint density at radius 3 is 2.69 bits per heavy atom. The molecule has 0 spiro atoms. The minimum Gasteiger partial charge on any atom is -0.391 e. The first-order valence-electron chi connectivity index (χ1n) is 5.46. The van der Waals surface area contributed by atoms with Crippen LogP contribution in [0.1, 0.15) is 18.0 Å². The molecule has 16 heavy (non-hydrogen) atoms. The lowest BCUT2D eigenvalue weighted by Gasteiger charge is -2.20. The number of amides is 1. The Hall–Kier alpha value is -1.39. The van der Waals surface area contributed by atoms with Gasteiger partial charge in [-0.3, -0.25) is 4.79 Å². The Balaban J connectivity index is 2.05. The third kappa shape index (κ3) is 2.23. The van der Waals surface area contributed by atoms with E-state index in [0.29, 0.717) is 19.5 Å². The highest BCUT2D eigenvalue weighted by molar-refractivity contribution is 5.83. The summed E-state index contributed by atoms with van der Waals surface area (Å²) in [7, 11) is 0. The number of benzene rings is 1. The van der Waals surface area contributed by atoms with Crippen LogP contribution in [-0.2, 0) is 4.79 Å². The number of hydrogen-bond donors (Lipinski definition) is 2. The van der Waals surface area contributed by atoms with Gasteiger partial charge in [-0.25, -0.2) is 0 Å². The number of aliphatic hydroxyl groups excluding tert-OH is 1. The van der Waals surface area contributed by atoms with Crippen LogP contribution < -0.4 is 5.73 Å². The van der Waals surface area contributed by atoms with Gasteiger partial charge in [-0.15, -0.1) is 0 Å². The summed E-state index contributed by atoms with van der Waals surface area (Å²) in [6, 6.07) is 8.68. The van der Waals surface area contributed by atoms with E-state index in [4.69, 9.17) is 5.73 Å². The van der Waals surface area contributed by atoms with Crippen molar-refractivity contribution < 1.29 is 9.90 Å². The van der Waals surface area contributed by atoms with E-state index in [-0.39, 0.29) is 5.91 Å². The first kappa shape index (κ1) is 11.1. The van der Waals surface area contributed by atoms with Crippen LogP contribution in [0.3, 0.4) is 0 Å². The molecule has 4 heteroatoms. The van der Waals surface area contributed by atoms with E-state index < -0.39 is 12.1 Å². The number of aliphatic hydroxyl groups is 1. The van der Waals surface area contributed by atoms with Gasteiger partial charge < -0.3 is 15.7 Å². The van der Waals surface area contributed by atoms with Crippen molar-refractivity contribution >= 4 is 5.91 Å². The maximum atomic E-state index is 12.0. The van der Waals surface area contributed by atoms with E-state index in [0.717, 1.165) is 5.56 Å². The highest BCUT2D eigenvalue weighted by atomic mass is 16.3. The van der Waals surface area contributed by atoms with Crippen LogP contribution >= 0.6 is 0 Å². The monoisotopic (exact) mass is 220 g/mol. The molecule has 1 aliphatic rings. The van der Waals surface area contributed by atoms with Gasteiger partial charge in [0.05, 0.1) is 6.10 Å². The number of carbonyl (C=O) groups is 1. The molecule has 2 rings (SSSR count). The lowest BCUT2D eigenvalue weighted by molar-refractivity contribution is -0.132. The maximum Gasteiger partial charge on any atom is 0.244 e. The Bertz CT molecular complexity index is 367. The van der Waals surface area contributed by atoms with E-state index in [2.05, 4.69) is 0 Å². The Morgan fingerprint density at radius 1 is 1.44 bits per heavy atom. The summed E-state index contributed by atoms with van der Waals surface area (Å²) in [5.74, 6) is -0.109. The molecule has 4 nitrogen and oxygen atoms in total. The SMILES string of the molecule is N[C@@H](C(=O)N1CC[C@@H](O)C1)c1ccccc1. The number of likely N-dealkylation sites (tertiary alicyclic amines) is 1. The summed E-state index contributed by atoms with van der Waals surface area (Å²) < 4.78 is 0. The zero-order valence-electron chi connectivity index (χ0n) is 9.04. The second kappa shape index (κ2) is 4.63. The van der Waals surface area contributed by atoms with Gasteiger partial charge in [0.25, 0.3) is 0 Å². The second-order valence-corrected chi connectivity index (χ2v) is 4.12. The molecule has 1 fully saturated rings. The zero-order valence-corrected chi connectivity index (χ0v) is 9.04. The van der Waals surface area contributed by atoms with Crippen LogP contribution in [-0.4, -0.2) is 35.1 Å². The van der Waals surface area contributed by atoms with Gasteiger partial charge in [0.2, 0.25) is 5.91 Å². The second-order valence-electron chi connectivity index (χ2n) is 4.12. The van der Waals surface area contributed by atoms with Gasteiger partial charge in [0.1, 0.15) is 6.04 Å². The normalized spacial score (nSPS) is 22.1. The summed E-state index contributed by atoms with van der Waals surface area (Å²) in [6.45, 7) is 1.000. The zero-order chi connectivity index (χ0) is 11.5. The molecule has 1 aromatic carbocycles. The summed E-state index contributed by atoms with van der Waals surface area (Å²) in [5, 5.41) is 9.37. The van der Waals surface area contributed by atoms with E-state index in [1.807, 2.05) is 30.3 Å². The quantitative estimate of drug-likeness (QED) is 0.752. The van der Waals surface area contributed by atoms with E-state index in [9.17, 15) is 9.90 Å². The van der Waals surface area contributed by atoms with Gasteiger partial charge in [0.15, 0.2) is 0 Å². The molecule has 1 saturated heterocycles. The number of β-amino-alcohol motifs (C(OH)–C–C–N with tert-alkyl or cyclic N) is 1. The lowest BCUT2D eigenvalue weighted by Crippen LogP contribution is -2.37. The van der Waals surface area contributed by atoms with E-state index in [1.165, 1.54) is 0 Å². The fourth-order valence-electron chi connectivity index (χ4n) is 1.94. The molecule has 0 aliphatic carbocycles. The minimum absolute atomic E-state index is 0.109. The molecule has 0 bridgehead atoms. The fourth-order valence-corrected chi connectivity index (χ4v) is 1.94. The summed E-state index contributed by atoms with van der Waals surface area (Å²) in [5.41, 5.74) is 6.70. The summed E-state index contributed by atoms with van der Waals surface area (Å²) >= 11 is 0. The molecule has 0 aromatic heterocycles. The van der Waals surface area contributed by atoms with Crippen LogP contribution in [0.5, 0.6) is 0 Å². The third-order valence-electron chi connectivity index (χ3n) is 2.90.